The van der Waals surface area contributed by atoms with E-state index in [2.05, 4.69) is 91.3 Å². The Labute approximate surface area is 325 Å². The summed E-state index contributed by atoms with van der Waals surface area (Å²) in [5, 5.41) is 0. The summed E-state index contributed by atoms with van der Waals surface area (Å²) in [6.45, 7) is 7.03. The Morgan fingerprint density at radius 3 is 0.681 bits per heavy atom. The first-order chi connectivity index (χ1) is 23.0. The van der Waals surface area contributed by atoms with Gasteiger partial charge in [0.05, 0.1) is 0 Å². The van der Waals surface area contributed by atoms with E-state index < -0.39 is 0 Å². The van der Waals surface area contributed by atoms with E-state index in [0.717, 1.165) is 5.88 Å². The van der Waals surface area contributed by atoms with Crippen molar-refractivity contribution in [1.82, 2.24) is 0 Å². The van der Waals surface area contributed by atoms with Gasteiger partial charge in [0.1, 0.15) is 13.6 Å². The van der Waals surface area contributed by atoms with Crippen molar-refractivity contribution in [3.63, 3.8) is 0 Å². The quantitative estimate of drug-likeness (QED) is 0.0477. The highest BCUT2D eigenvalue weighted by Gasteiger charge is 2.71. The normalized spacial score (nSPS) is 28.1. The lowest BCUT2D eigenvalue weighted by molar-refractivity contribution is 0.567. The molecule has 0 aromatic rings. The Balaban J connectivity index is 1.68. The van der Waals surface area contributed by atoms with Gasteiger partial charge >= 0.3 is 0 Å². The lowest BCUT2D eigenvalue weighted by Crippen LogP contribution is -2.53. The summed E-state index contributed by atoms with van der Waals surface area (Å²) in [7, 11) is 0. The molecule has 4 aliphatic rings. The number of unbranched alkanes of at least 4 members (excludes halogenated alkanes) is 24. The van der Waals surface area contributed by atoms with Gasteiger partial charge in [-0.15, -0.1) is 82.2 Å². The summed E-state index contributed by atoms with van der Waals surface area (Å²) in [6.07, 6.45) is 45.4. The molecule has 4 saturated heterocycles. The van der Waals surface area contributed by atoms with E-state index in [0.29, 0.717) is 13.6 Å². The molecule has 4 aliphatic heterocycles. The molecule has 47 heavy (non-hydrogen) atoms. The minimum atomic E-state index is 0.379. The molecule has 0 unspecified atom stereocenters. The largest absolute Gasteiger partial charge is 0.127 e. The van der Waals surface area contributed by atoms with Gasteiger partial charge in [-0.2, -0.15) is 0 Å². The molecule has 0 N–H and O–H groups in total. The fraction of sp³-hybridized carbons (Fsp3) is 1.00. The zero-order valence-electron chi connectivity index (χ0n) is 31.2. The van der Waals surface area contributed by atoms with Gasteiger partial charge in [-0.1, -0.05) is 194 Å². The first-order valence-corrected chi connectivity index (χ1v) is 26.2. The molecular weight excluding hydrogens is 708 g/mol. The Bertz CT molecular complexity index is 688. The van der Waals surface area contributed by atoms with Crippen molar-refractivity contribution in [1.29, 1.82) is 0 Å². The maximum atomic E-state index is 5.93. The number of hydrogen-bond donors (Lipinski definition) is 0. The van der Waals surface area contributed by atoms with Gasteiger partial charge in [0.25, 0.3) is 0 Å². The van der Waals surface area contributed by atoms with Crippen LogP contribution in [-0.2, 0) is 0 Å². The van der Waals surface area contributed by atoms with Crippen LogP contribution >= 0.6 is 82.2 Å². The fourth-order valence-electron chi connectivity index (χ4n) is 7.50. The van der Waals surface area contributed by atoms with Gasteiger partial charge in [-0.05, 0) is 32.1 Å². The molecule has 0 atom stereocenters. The third kappa shape index (κ3) is 16.5. The number of alkyl halides is 1. The van der Waals surface area contributed by atoms with Crippen molar-refractivity contribution in [3.8, 4) is 0 Å². The zero-order chi connectivity index (χ0) is 33.6. The summed E-state index contributed by atoms with van der Waals surface area (Å²) in [4.78, 5) is 0. The first kappa shape index (κ1) is 43.8. The summed E-state index contributed by atoms with van der Waals surface area (Å²) < 4.78 is 1.53. The van der Waals surface area contributed by atoms with Crippen LogP contribution in [-0.4, -0.2) is 19.5 Å². The highest BCUT2D eigenvalue weighted by molar-refractivity contribution is 8.64. The predicted octanol–water partition coefficient (Wildman–Crippen LogP) is 17.8. The van der Waals surface area contributed by atoms with Crippen molar-refractivity contribution >= 4 is 82.2 Å². The van der Waals surface area contributed by atoms with Crippen LogP contribution in [0.4, 0.5) is 0 Å². The second-order valence-corrected chi connectivity index (χ2v) is 27.9. The Morgan fingerprint density at radius 2 is 0.468 bits per heavy atom. The molecule has 0 aliphatic carbocycles. The summed E-state index contributed by atoms with van der Waals surface area (Å²) in [5.74, 6) is 0.837. The SMILES string of the molecule is CCCCCCCCCC12SC3(CCCCCCCCC)SC(CCCCCCCCC)(S1)SC(CCCCCCCCCCl)(S2)S3. The van der Waals surface area contributed by atoms with Gasteiger partial charge in [-0.3, -0.25) is 0 Å². The molecule has 0 radical (unpaired) electrons. The molecule has 0 saturated carbocycles. The third-order valence-corrected chi connectivity index (χ3v) is 22.7. The van der Waals surface area contributed by atoms with Crippen molar-refractivity contribution in [3.05, 3.63) is 0 Å². The smallest absolute Gasteiger partial charge is 0.113 e. The van der Waals surface area contributed by atoms with Crippen molar-refractivity contribution in [2.24, 2.45) is 0 Å². The molecule has 4 fully saturated rings. The third-order valence-electron chi connectivity index (χ3n) is 10.2. The molecule has 0 nitrogen and oxygen atoms in total. The van der Waals surface area contributed by atoms with Crippen LogP contribution in [0.3, 0.4) is 0 Å². The minimum Gasteiger partial charge on any atom is -0.127 e. The second kappa shape index (κ2) is 25.4. The van der Waals surface area contributed by atoms with E-state index in [1.165, 1.54) is 205 Å². The Kier molecular flexibility index (Phi) is 23.7. The number of halogens is 1. The zero-order valence-corrected chi connectivity index (χ0v) is 36.8. The highest BCUT2D eigenvalue weighted by atomic mass is 35.5. The Hall–Kier alpha value is 2.39. The topological polar surface area (TPSA) is 0 Å². The summed E-state index contributed by atoms with van der Waals surface area (Å²) in [6, 6.07) is 0. The van der Waals surface area contributed by atoms with E-state index in [-0.39, 0.29) is 0 Å². The molecular formula is C40H75ClS6. The minimum absolute atomic E-state index is 0.379. The van der Waals surface area contributed by atoms with Crippen molar-refractivity contribution in [2.75, 3.05) is 5.88 Å². The van der Waals surface area contributed by atoms with E-state index in [1.807, 2.05) is 0 Å². The lowest BCUT2D eigenvalue weighted by Gasteiger charge is -2.67. The Morgan fingerprint density at radius 1 is 0.277 bits per heavy atom. The fourth-order valence-corrected chi connectivity index (χ4v) is 29.5. The van der Waals surface area contributed by atoms with Crippen LogP contribution in [0, 0.1) is 0 Å². The van der Waals surface area contributed by atoms with Crippen LogP contribution in [0.1, 0.15) is 226 Å². The van der Waals surface area contributed by atoms with E-state index in [9.17, 15) is 0 Å². The van der Waals surface area contributed by atoms with Crippen LogP contribution in [0.15, 0.2) is 0 Å². The van der Waals surface area contributed by atoms with Crippen molar-refractivity contribution < 1.29 is 0 Å². The average Bonchev–Trinajstić information content (AvgIpc) is 3.04. The van der Waals surface area contributed by atoms with Crippen LogP contribution < -0.4 is 0 Å². The maximum absolute atomic E-state index is 5.93. The molecule has 278 valence electrons. The molecule has 0 aromatic carbocycles. The van der Waals surface area contributed by atoms with Gasteiger partial charge in [0.15, 0.2) is 0 Å². The monoisotopic (exact) mass is 782 g/mol. The van der Waals surface area contributed by atoms with E-state index in [1.54, 1.807) is 0 Å². The number of thioether (sulfide) groups is 6. The van der Waals surface area contributed by atoms with Gasteiger partial charge in [0, 0.05) is 5.88 Å². The van der Waals surface area contributed by atoms with Crippen LogP contribution in [0.25, 0.3) is 0 Å². The molecule has 0 spiro atoms. The van der Waals surface area contributed by atoms with E-state index in [4.69, 9.17) is 11.6 Å². The molecule has 4 rings (SSSR count). The molecule has 4 heterocycles. The second-order valence-electron chi connectivity index (χ2n) is 14.9. The molecule has 0 aromatic heterocycles. The predicted molar refractivity (Wildman–Crippen MR) is 232 cm³/mol. The number of rotatable bonds is 33. The van der Waals surface area contributed by atoms with Gasteiger partial charge < -0.3 is 0 Å². The maximum Gasteiger partial charge on any atom is 0.113 e. The lowest BCUT2D eigenvalue weighted by atomic mass is 10.1. The van der Waals surface area contributed by atoms with Crippen molar-refractivity contribution in [2.45, 2.75) is 240 Å². The molecule has 7 heteroatoms. The highest BCUT2D eigenvalue weighted by Crippen LogP contribution is 2.91. The molecule has 0 amide bonds. The standard InChI is InChI=1S/C40H75ClS6/c1-4-7-10-13-17-22-27-32-37-42-38(33-28-23-18-14-11-8-5-2)44-39(43-37,34-29-24-19-15-12-9-6-3)47-40(45-37,46-38)35-30-25-20-16-21-26-31-36-41/h4-36H2,1-3H3. The average molecular weight is 784 g/mol. The van der Waals surface area contributed by atoms with Gasteiger partial charge in [-0.25, -0.2) is 0 Å². The van der Waals surface area contributed by atoms with Crippen LogP contribution in [0.5, 0.6) is 0 Å². The van der Waals surface area contributed by atoms with E-state index >= 15 is 0 Å². The first-order valence-electron chi connectivity index (χ1n) is 20.8. The van der Waals surface area contributed by atoms with Crippen LogP contribution in [0.2, 0.25) is 0 Å². The summed E-state index contributed by atoms with van der Waals surface area (Å²) >= 11 is 20.8. The van der Waals surface area contributed by atoms with Gasteiger partial charge in [0.2, 0.25) is 0 Å². The summed E-state index contributed by atoms with van der Waals surface area (Å²) in [5.41, 5.74) is 0. The molecule has 4 bridgehead atoms. The number of hydrogen-bond acceptors (Lipinski definition) is 6.